The van der Waals surface area contributed by atoms with Gasteiger partial charge >= 0.3 is 0 Å². The summed E-state index contributed by atoms with van der Waals surface area (Å²) in [7, 11) is 0. The van der Waals surface area contributed by atoms with E-state index in [1.165, 1.54) is 0 Å². The Morgan fingerprint density at radius 3 is 2.47 bits per heavy atom. The Hall–Kier alpha value is -2.48. The van der Waals surface area contributed by atoms with Crippen molar-refractivity contribution in [2.75, 3.05) is 13.1 Å². The number of benzene rings is 1. The maximum atomic E-state index is 13.5. The second-order valence-corrected chi connectivity index (χ2v) is 10.6. The van der Waals surface area contributed by atoms with Gasteiger partial charge in [-0.05, 0) is 48.1 Å². The monoisotopic (exact) mass is 486 g/mol. The maximum absolute atomic E-state index is 13.5. The molecule has 2 aromatic rings. The van der Waals surface area contributed by atoms with Crippen molar-refractivity contribution in [3.05, 3.63) is 64.9 Å². The lowest BCUT2D eigenvalue weighted by atomic mass is 9.66. The lowest BCUT2D eigenvalue weighted by molar-refractivity contribution is -0.156. The van der Waals surface area contributed by atoms with E-state index in [1.54, 1.807) is 35.5 Å². The molecule has 1 aliphatic rings. The van der Waals surface area contributed by atoms with Crippen LogP contribution in [0.25, 0.3) is 0 Å². The molecule has 1 aliphatic heterocycles. The van der Waals surface area contributed by atoms with Crippen LogP contribution in [0.5, 0.6) is 0 Å². The van der Waals surface area contributed by atoms with Crippen LogP contribution in [0.15, 0.2) is 48.8 Å². The fourth-order valence-electron chi connectivity index (χ4n) is 4.61. The Morgan fingerprint density at radius 1 is 1.24 bits per heavy atom. The lowest BCUT2D eigenvalue weighted by Gasteiger charge is -2.51. The molecule has 0 saturated carbocycles. The first-order valence-electron chi connectivity index (χ1n) is 11.7. The minimum atomic E-state index is -1.10. The van der Waals surface area contributed by atoms with E-state index in [2.05, 4.69) is 10.3 Å². The summed E-state index contributed by atoms with van der Waals surface area (Å²) in [6.45, 7) is 8.43. The molecule has 1 aromatic heterocycles. The van der Waals surface area contributed by atoms with Gasteiger partial charge in [-0.2, -0.15) is 0 Å². The van der Waals surface area contributed by atoms with Crippen LogP contribution in [0.3, 0.4) is 0 Å². The average molecular weight is 487 g/mol. The van der Waals surface area contributed by atoms with Gasteiger partial charge in [-0.25, -0.2) is 0 Å². The maximum Gasteiger partial charge on any atom is 0.245 e. The van der Waals surface area contributed by atoms with Gasteiger partial charge in [0.25, 0.3) is 0 Å². The number of nitrogens with zero attached hydrogens (tertiary/aromatic N) is 2. The van der Waals surface area contributed by atoms with Crippen LogP contribution in [-0.4, -0.2) is 52.0 Å². The van der Waals surface area contributed by atoms with Gasteiger partial charge in [0.1, 0.15) is 6.04 Å². The zero-order valence-electron chi connectivity index (χ0n) is 20.3. The van der Waals surface area contributed by atoms with E-state index in [-0.39, 0.29) is 17.7 Å². The highest BCUT2D eigenvalue weighted by Crippen LogP contribution is 2.46. The average Bonchev–Trinajstić information content (AvgIpc) is 2.79. The summed E-state index contributed by atoms with van der Waals surface area (Å²) in [4.78, 5) is 32.1. The Balaban J connectivity index is 1.70. The molecule has 1 fully saturated rings. The highest BCUT2D eigenvalue weighted by molar-refractivity contribution is 6.30. The van der Waals surface area contributed by atoms with Gasteiger partial charge < -0.3 is 21.1 Å². The van der Waals surface area contributed by atoms with Crippen LogP contribution in [0.1, 0.15) is 45.2 Å². The lowest BCUT2D eigenvalue weighted by Crippen LogP contribution is -2.61. The zero-order chi connectivity index (χ0) is 25.1. The number of aliphatic hydroxyl groups is 1. The van der Waals surface area contributed by atoms with Crippen LogP contribution in [0, 0.1) is 11.3 Å². The second-order valence-electron chi connectivity index (χ2n) is 10.2. The summed E-state index contributed by atoms with van der Waals surface area (Å²) in [6.07, 6.45) is 4.06. The minimum Gasteiger partial charge on any atom is -0.384 e. The zero-order valence-corrected chi connectivity index (χ0v) is 21.0. The first-order valence-corrected chi connectivity index (χ1v) is 12.0. The standard InChI is InChI=1S/C26H35ClN4O3/c1-17(2)22(30-23(32)21(28)14-18-6-5-12-29-15-18)24(33)31-13-11-26(34,25(3,4)16-31)19-7-9-20(27)10-8-19/h5-10,12,15,17,21-22,34H,11,13-14,16,28H2,1-4H3,(H,30,32)/t21-,22+,26-/m0/s1. The quantitative estimate of drug-likeness (QED) is 0.557. The van der Waals surface area contributed by atoms with Gasteiger partial charge in [0.2, 0.25) is 11.8 Å². The number of nitrogens with one attached hydrogen (secondary N) is 1. The number of carbonyl (C=O) groups excluding carboxylic acids is 2. The molecule has 0 spiro atoms. The number of piperidine rings is 1. The summed E-state index contributed by atoms with van der Waals surface area (Å²) in [5, 5.41) is 15.1. The number of hydrogen-bond donors (Lipinski definition) is 3. The van der Waals surface area contributed by atoms with Crippen molar-refractivity contribution in [2.24, 2.45) is 17.1 Å². The van der Waals surface area contributed by atoms with E-state index in [9.17, 15) is 14.7 Å². The van der Waals surface area contributed by atoms with Crippen LogP contribution in [0.4, 0.5) is 0 Å². The molecule has 34 heavy (non-hydrogen) atoms. The molecule has 8 heteroatoms. The van der Waals surface area contributed by atoms with Crippen molar-refractivity contribution in [3.8, 4) is 0 Å². The van der Waals surface area contributed by atoms with Crippen LogP contribution >= 0.6 is 11.6 Å². The van der Waals surface area contributed by atoms with E-state index in [0.717, 1.165) is 11.1 Å². The smallest absolute Gasteiger partial charge is 0.245 e. The summed E-state index contributed by atoms with van der Waals surface area (Å²) in [5.74, 6) is -0.657. The van der Waals surface area contributed by atoms with Crippen LogP contribution in [0.2, 0.25) is 5.02 Å². The molecular formula is C26H35ClN4O3. The van der Waals surface area contributed by atoms with E-state index in [1.807, 2.05) is 45.9 Å². The number of aromatic nitrogens is 1. The largest absolute Gasteiger partial charge is 0.384 e. The van der Waals surface area contributed by atoms with Gasteiger partial charge in [-0.15, -0.1) is 0 Å². The third-order valence-corrected chi connectivity index (χ3v) is 7.08. The van der Waals surface area contributed by atoms with Crippen molar-refractivity contribution in [1.29, 1.82) is 0 Å². The summed E-state index contributed by atoms with van der Waals surface area (Å²) in [6, 6.07) is 9.37. The highest BCUT2D eigenvalue weighted by Gasteiger charge is 2.50. The predicted octanol–water partition coefficient (Wildman–Crippen LogP) is 2.89. The molecule has 1 saturated heterocycles. The van der Waals surface area contributed by atoms with E-state index >= 15 is 0 Å². The van der Waals surface area contributed by atoms with Crippen molar-refractivity contribution in [3.63, 3.8) is 0 Å². The van der Waals surface area contributed by atoms with Gasteiger partial charge in [0.15, 0.2) is 0 Å². The molecule has 0 bridgehead atoms. The van der Waals surface area contributed by atoms with Crippen molar-refractivity contribution < 1.29 is 14.7 Å². The van der Waals surface area contributed by atoms with Crippen molar-refractivity contribution in [1.82, 2.24) is 15.2 Å². The molecule has 0 unspecified atom stereocenters. The Labute approximate surface area is 206 Å². The summed E-state index contributed by atoms with van der Waals surface area (Å²) < 4.78 is 0. The Morgan fingerprint density at radius 2 is 1.91 bits per heavy atom. The number of hydrogen-bond acceptors (Lipinski definition) is 5. The third-order valence-electron chi connectivity index (χ3n) is 6.83. The number of carbonyl (C=O) groups is 2. The predicted molar refractivity (Wildman–Crippen MR) is 133 cm³/mol. The highest BCUT2D eigenvalue weighted by atomic mass is 35.5. The SMILES string of the molecule is CC(C)[C@@H](NC(=O)[C@@H](N)Cc1cccnc1)C(=O)N1CC[C@](O)(c2ccc(Cl)cc2)C(C)(C)C1. The number of nitrogens with two attached hydrogens (primary N) is 1. The van der Waals surface area contributed by atoms with Gasteiger partial charge in [0, 0.05) is 35.9 Å². The topological polar surface area (TPSA) is 109 Å². The number of likely N-dealkylation sites (tertiary alicyclic amines) is 1. The Bertz CT molecular complexity index is 997. The third kappa shape index (κ3) is 5.59. The van der Waals surface area contributed by atoms with Gasteiger partial charge in [-0.3, -0.25) is 14.6 Å². The molecule has 2 heterocycles. The van der Waals surface area contributed by atoms with Gasteiger partial charge in [0.05, 0.1) is 11.6 Å². The molecule has 3 atom stereocenters. The molecule has 1 aromatic carbocycles. The minimum absolute atomic E-state index is 0.123. The second kappa shape index (κ2) is 10.4. The molecule has 7 nitrogen and oxygen atoms in total. The number of rotatable bonds is 7. The molecule has 4 N–H and O–H groups in total. The van der Waals surface area contributed by atoms with Crippen LogP contribution < -0.4 is 11.1 Å². The van der Waals surface area contributed by atoms with Crippen molar-refractivity contribution in [2.45, 2.75) is 58.2 Å². The van der Waals surface area contributed by atoms with E-state index in [4.69, 9.17) is 17.3 Å². The van der Waals surface area contributed by atoms with Gasteiger partial charge in [-0.1, -0.05) is 57.5 Å². The molecule has 0 aliphatic carbocycles. The molecule has 2 amide bonds. The normalized spacial score (nSPS) is 21.7. The summed E-state index contributed by atoms with van der Waals surface area (Å²) >= 11 is 6.02. The number of amides is 2. The first-order chi connectivity index (χ1) is 15.9. The molecule has 3 rings (SSSR count). The number of pyridine rings is 1. The summed E-state index contributed by atoms with van der Waals surface area (Å²) in [5.41, 5.74) is 6.05. The van der Waals surface area contributed by atoms with Crippen molar-refractivity contribution >= 4 is 23.4 Å². The fourth-order valence-corrected chi connectivity index (χ4v) is 4.73. The molecular weight excluding hydrogens is 452 g/mol. The molecule has 184 valence electrons. The first kappa shape index (κ1) is 26.1. The fraction of sp³-hybridized carbons (Fsp3) is 0.500. The van der Waals surface area contributed by atoms with E-state index < -0.39 is 23.1 Å². The number of halogens is 1. The van der Waals surface area contributed by atoms with Crippen LogP contribution in [-0.2, 0) is 21.6 Å². The molecule has 0 radical (unpaired) electrons. The Kier molecular flexibility index (Phi) is 8.01. The van der Waals surface area contributed by atoms with E-state index in [0.29, 0.717) is 31.0 Å².